The zero-order chi connectivity index (χ0) is 62.2. The minimum atomic E-state index is -1.69. The molecule has 0 spiro atoms. The maximum absolute atomic E-state index is 14.4. The fourth-order valence-corrected chi connectivity index (χ4v) is 8.74. The van der Waals surface area contributed by atoms with Gasteiger partial charge in [-0.2, -0.15) is 0 Å². The molecular formula is C53H100N16O13. The second-order valence-corrected chi connectivity index (χ2v) is 21.9. The molecule has 0 aromatic rings. The lowest BCUT2D eigenvalue weighted by Crippen LogP contribution is -2.62. The van der Waals surface area contributed by atoms with Gasteiger partial charge in [0.05, 0.1) is 12.2 Å². The first-order valence-electron chi connectivity index (χ1n) is 28.9. The van der Waals surface area contributed by atoms with Crippen LogP contribution in [0.1, 0.15) is 139 Å². The van der Waals surface area contributed by atoms with E-state index in [1.165, 1.54) is 13.8 Å². The molecule has 0 aliphatic carbocycles. The lowest BCUT2D eigenvalue weighted by atomic mass is 9.99. The van der Waals surface area contributed by atoms with Crippen molar-refractivity contribution in [2.45, 2.75) is 211 Å². The number of hydrogen-bond donors (Lipinski definition) is 18. The maximum Gasteiger partial charge on any atom is 0.245 e. The minimum absolute atomic E-state index is 0.0121. The van der Waals surface area contributed by atoms with Crippen LogP contribution in [-0.2, 0) is 52.7 Å². The molecular weight excluding hydrogens is 1070 g/mol. The molecule has 82 heavy (non-hydrogen) atoms. The number of carbonyl (C=O) groups is 11. The number of carbonyl (C=O) groups excluding carboxylic acids is 11. The topological polar surface area (TPSA) is 491 Å². The summed E-state index contributed by atoms with van der Waals surface area (Å²) in [7, 11) is 0. The Morgan fingerprint density at radius 2 is 1.02 bits per heavy atom. The van der Waals surface area contributed by atoms with E-state index in [0.717, 1.165) is 25.7 Å². The lowest BCUT2D eigenvalue weighted by molar-refractivity contribution is -0.137. The van der Waals surface area contributed by atoms with Gasteiger partial charge in [-0.05, 0) is 116 Å². The van der Waals surface area contributed by atoms with Gasteiger partial charge >= 0.3 is 0 Å². The molecule has 1 saturated heterocycles. The Hall–Kier alpha value is -6.11. The third kappa shape index (κ3) is 26.9. The van der Waals surface area contributed by atoms with Gasteiger partial charge in [-0.1, -0.05) is 67.2 Å². The first-order valence-corrected chi connectivity index (χ1v) is 28.9. The molecule has 0 saturated carbocycles. The number of unbranched alkanes of at least 4 members (excludes halogenated alkanes) is 2. The lowest BCUT2D eigenvalue weighted by Gasteiger charge is -2.29. The Kier molecular flexibility index (Phi) is 35.5. The highest BCUT2D eigenvalue weighted by Crippen LogP contribution is 2.14. The van der Waals surface area contributed by atoms with Gasteiger partial charge in [0.2, 0.25) is 65.0 Å². The average Bonchev–Trinajstić information content (AvgIpc) is 3.47. The average molecular weight is 1170 g/mol. The van der Waals surface area contributed by atoms with Crippen molar-refractivity contribution in [2.24, 2.45) is 46.4 Å². The number of rotatable bonds is 29. The van der Waals surface area contributed by atoms with Crippen LogP contribution >= 0.6 is 0 Å². The van der Waals surface area contributed by atoms with E-state index < -0.39 is 156 Å². The predicted octanol–water partition coefficient (Wildman–Crippen LogP) is -5.44. The molecule has 1 fully saturated rings. The SMILES string of the molecule is CC[C@@H](C)CCCCCC(=O)N[C@H](CCN)C(=O)N[C@@H](C(=O)N[C@H](CCN)C(=O)NC1CCNC(=O)C([C@H](C)O)NC(=O)[C@@H](CCN)NC(=O)[C@@H](CCN)NC(=O)[C@@H](CC(C)C)NC(=O)[C@@H](C(C)C)NC(=O)C(CCN)NC1=O)[C@H](C)O. The van der Waals surface area contributed by atoms with Crippen molar-refractivity contribution in [3.05, 3.63) is 0 Å². The summed E-state index contributed by atoms with van der Waals surface area (Å²) in [6.45, 7) is 12.4. The summed E-state index contributed by atoms with van der Waals surface area (Å²) in [6.07, 6.45) is 0.296. The Bertz CT molecular complexity index is 2070. The summed E-state index contributed by atoms with van der Waals surface area (Å²) >= 11 is 0. The van der Waals surface area contributed by atoms with Crippen molar-refractivity contribution in [3.63, 3.8) is 0 Å². The predicted molar refractivity (Wildman–Crippen MR) is 305 cm³/mol. The number of nitrogens with two attached hydrogens (primary N) is 5. The van der Waals surface area contributed by atoms with E-state index in [2.05, 4.69) is 72.3 Å². The second-order valence-electron chi connectivity index (χ2n) is 21.9. The Morgan fingerprint density at radius 1 is 0.537 bits per heavy atom. The molecule has 11 amide bonds. The standard InChI is InChI=1S/C53H100N16O13/c1-9-30(6)13-11-10-12-14-40(72)60-33(15-21-54)47(76)69-43(32(8)71)53(82)65-35(17-23-56)45(74)64-38-20-26-59-51(80)42(31(7)70)68-49(78)37(19-25-58)61-44(73)34(16-22-55)63-50(79)39(27-28(2)3)66-52(81)41(29(4)5)67-48(77)36(18-24-57)62-46(38)75/h28-39,41-43,70-71H,9-27,54-58H2,1-8H3,(H,59,80)(H,60,72)(H,61,73)(H,62,75)(H,63,79)(H,64,74)(H,65,82)(H,66,81)(H,67,77)(H,68,78)(H,69,76)/t30-,31+,32+,33-,34-,35-,36?,37-,38?,39-,41-,42?,43-/m1/s1. The largest absolute Gasteiger partial charge is 0.391 e. The van der Waals surface area contributed by atoms with E-state index in [1.807, 2.05) is 0 Å². The molecule has 1 aliphatic rings. The molecule has 29 nitrogen and oxygen atoms in total. The third-order valence-corrected chi connectivity index (χ3v) is 13.8. The number of amides is 11. The van der Waals surface area contributed by atoms with Crippen molar-refractivity contribution >= 4 is 65.0 Å². The van der Waals surface area contributed by atoms with Gasteiger partial charge in [0.15, 0.2) is 0 Å². The van der Waals surface area contributed by atoms with Crippen molar-refractivity contribution in [3.8, 4) is 0 Å². The van der Waals surface area contributed by atoms with Crippen LogP contribution in [0.3, 0.4) is 0 Å². The fraction of sp³-hybridized carbons (Fsp3) is 0.792. The van der Waals surface area contributed by atoms with Crippen LogP contribution in [0.5, 0.6) is 0 Å². The number of aliphatic hydroxyl groups excluding tert-OH is 2. The fourth-order valence-electron chi connectivity index (χ4n) is 8.74. The summed E-state index contributed by atoms with van der Waals surface area (Å²) < 4.78 is 0. The molecule has 29 heteroatoms. The zero-order valence-electron chi connectivity index (χ0n) is 49.4. The van der Waals surface area contributed by atoms with E-state index in [4.69, 9.17) is 28.7 Å². The van der Waals surface area contributed by atoms with Crippen LogP contribution in [-0.4, -0.2) is 187 Å². The van der Waals surface area contributed by atoms with E-state index >= 15 is 0 Å². The van der Waals surface area contributed by atoms with Gasteiger partial charge < -0.3 is 97.4 Å². The molecule has 13 atom stereocenters. The summed E-state index contributed by atoms with van der Waals surface area (Å²) in [4.78, 5) is 152. The number of aliphatic hydroxyl groups is 2. The van der Waals surface area contributed by atoms with E-state index in [9.17, 15) is 63.0 Å². The number of hydrogen-bond acceptors (Lipinski definition) is 18. The highest BCUT2D eigenvalue weighted by molar-refractivity contribution is 5.99. The first-order chi connectivity index (χ1) is 38.7. The van der Waals surface area contributed by atoms with Crippen molar-refractivity contribution in [2.75, 3.05) is 39.3 Å². The second kappa shape index (κ2) is 39.4. The molecule has 1 aliphatic heterocycles. The van der Waals surface area contributed by atoms with E-state index in [1.54, 1.807) is 27.7 Å². The summed E-state index contributed by atoms with van der Waals surface area (Å²) in [6, 6.07) is -14.5. The third-order valence-electron chi connectivity index (χ3n) is 13.8. The smallest absolute Gasteiger partial charge is 0.245 e. The van der Waals surface area contributed by atoms with Gasteiger partial charge in [0.25, 0.3) is 0 Å². The molecule has 1 heterocycles. The minimum Gasteiger partial charge on any atom is -0.391 e. The molecule has 1 rings (SSSR count). The van der Waals surface area contributed by atoms with Crippen LogP contribution in [0, 0.1) is 17.8 Å². The number of nitrogens with one attached hydrogen (secondary N) is 11. The van der Waals surface area contributed by atoms with Gasteiger partial charge in [0.1, 0.15) is 60.4 Å². The molecule has 0 aromatic carbocycles. The molecule has 0 bridgehead atoms. The Morgan fingerprint density at radius 3 is 1.50 bits per heavy atom. The Labute approximate surface area is 482 Å². The highest BCUT2D eigenvalue weighted by atomic mass is 16.3. The maximum atomic E-state index is 14.4. The van der Waals surface area contributed by atoms with E-state index in [0.29, 0.717) is 12.3 Å². The molecule has 23 N–H and O–H groups in total. The molecule has 3 unspecified atom stereocenters. The Balaban J connectivity index is 3.76. The van der Waals surface area contributed by atoms with Gasteiger partial charge in [-0.3, -0.25) is 52.7 Å². The highest BCUT2D eigenvalue weighted by Gasteiger charge is 2.38. The van der Waals surface area contributed by atoms with Gasteiger partial charge in [-0.15, -0.1) is 0 Å². The van der Waals surface area contributed by atoms with Crippen molar-refractivity contribution in [1.82, 2.24) is 58.5 Å². The van der Waals surface area contributed by atoms with E-state index in [-0.39, 0.29) is 83.6 Å². The van der Waals surface area contributed by atoms with Crippen LogP contribution in [0.2, 0.25) is 0 Å². The van der Waals surface area contributed by atoms with Gasteiger partial charge in [-0.25, -0.2) is 0 Å². The molecule has 0 radical (unpaired) electrons. The first kappa shape index (κ1) is 73.9. The van der Waals surface area contributed by atoms with Crippen molar-refractivity contribution in [1.29, 1.82) is 0 Å². The van der Waals surface area contributed by atoms with Crippen LogP contribution in [0.4, 0.5) is 0 Å². The van der Waals surface area contributed by atoms with Crippen LogP contribution in [0.15, 0.2) is 0 Å². The summed E-state index contributed by atoms with van der Waals surface area (Å²) in [5.74, 6) is -9.86. The summed E-state index contributed by atoms with van der Waals surface area (Å²) in [5, 5.41) is 49.4. The normalized spacial score (nSPS) is 23.4. The van der Waals surface area contributed by atoms with Gasteiger partial charge in [0, 0.05) is 13.0 Å². The zero-order valence-corrected chi connectivity index (χ0v) is 49.4. The monoisotopic (exact) mass is 1170 g/mol. The molecule has 470 valence electrons. The van der Waals surface area contributed by atoms with Crippen molar-refractivity contribution < 1.29 is 63.0 Å². The van der Waals surface area contributed by atoms with Crippen LogP contribution < -0.4 is 87.2 Å². The van der Waals surface area contributed by atoms with Crippen LogP contribution in [0.25, 0.3) is 0 Å². The molecule has 0 aromatic heterocycles. The quantitative estimate of drug-likeness (QED) is 0.0311. The summed E-state index contributed by atoms with van der Waals surface area (Å²) in [5.41, 5.74) is 29.2.